The van der Waals surface area contributed by atoms with Gasteiger partial charge in [0.15, 0.2) is 5.96 Å². The molecule has 0 aliphatic carbocycles. The van der Waals surface area contributed by atoms with Crippen LogP contribution in [0.1, 0.15) is 36.0 Å². The number of aliphatic imine (C=N–C) groups is 1. The summed E-state index contributed by atoms with van der Waals surface area (Å²) in [5.41, 5.74) is 3.84. The molecule has 5 heteroatoms. The molecule has 0 bridgehead atoms. The van der Waals surface area contributed by atoms with E-state index in [-0.39, 0.29) is 0 Å². The molecule has 24 heavy (non-hydrogen) atoms. The molecule has 1 atom stereocenters. The first kappa shape index (κ1) is 18.0. The average molecular weight is 327 g/mol. The largest absolute Gasteiger partial charge is 0.356 e. The Morgan fingerprint density at radius 2 is 1.92 bits per heavy atom. The number of benzene rings is 1. The minimum atomic E-state index is 0.441. The molecule has 0 radical (unpaired) electrons. The second-order valence-corrected chi connectivity index (χ2v) is 6.33. The van der Waals surface area contributed by atoms with E-state index in [1.54, 1.807) is 0 Å². The number of hydrogen-bond donors (Lipinski definition) is 2. The van der Waals surface area contributed by atoms with Crippen molar-refractivity contribution in [2.24, 2.45) is 4.99 Å². The van der Waals surface area contributed by atoms with E-state index in [1.807, 2.05) is 17.9 Å². The van der Waals surface area contributed by atoms with Gasteiger partial charge in [0.25, 0.3) is 0 Å². The summed E-state index contributed by atoms with van der Waals surface area (Å²) in [6.07, 6.45) is 4.96. The molecule has 2 rings (SSSR count). The predicted molar refractivity (Wildman–Crippen MR) is 101 cm³/mol. The van der Waals surface area contributed by atoms with Crippen LogP contribution in [-0.4, -0.2) is 35.9 Å². The highest BCUT2D eigenvalue weighted by Gasteiger charge is 2.06. The first-order valence-corrected chi connectivity index (χ1v) is 8.58. The topological polar surface area (TPSA) is 54.2 Å². The van der Waals surface area contributed by atoms with E-state index in [0.717, 1.165) is 32.0 Å². The lowest BCUT2D eigenvalue weighted by molar-refractivity contribution is 0.569. The molecule has 130 valence electrons. The van der Waals surface area contributed by atoms with E-state index in [0.29, 0.717) is 5.92 Å². The smallest absolute Gasteiger partial charge is 0.190 e. The molecular formula is C19H29N5. The van der Waals surface area contributed by atoms with Crippen LogP contribution in [0.5, 0.6) is 0 Å². The van der Waals surface area contributed by atoms with Crippen molar-refractivity contribution in [1.29, 1.82) is 0 Å². The fraction of sp³-hybridized carbons (Fsp3) is 0.474. The summed E-state index contributed by atoms with van der Waals surface area (Å²) >= 11 is 0. The maximum absolute atomic E-state index is 4.29. The fourth-order valence-corrected chi connectivity index (χ4v) is 2.52. The van der Waals surface area contributed by atoms with Gasteiger partial charge < -0.3 is 10.6 Å². The maximum Gasteiger partial charge on any atom is 0.190 e. The summed E-state index contributed by atoms with van der Waals surface area (Å²) in [5.74, 6) is 1.29. The summed E-state index contributed by atoms with van der Waals surface area (Å²) in [6, 6.07) is 8.72. The van der Waals surface area contributed by atoms with Gasteiger partial charge in [0.1, 0.15) is 0 Å². The Morgan fingerprint density at radius 3 is 2.54 bits per heavy atom. The Kier molecular flexibility index (Phi) is 6.85. The van der Waals surface area contributed by atoms with E-state index in [1.165, 1.54) is 16.7 Å². The minimum Gasteiger partial charge on any atom is -0.356 e. The summed E-state index contributed by atoms with van der Waals surface area (Å²) in [4.78, 5) is 4.29. The zero-order chi connectivity index (χ0) is 17.4. The molecule has 0 fully saturated rings. The lowest BCUT2D eigenvalue weighted by Crippen LogP contribution is -2.39. The minimum absolute atomic E-state index is 0.441. The first-order valence-electron chi connectivity index (χ1n) is 8.58. The molecule has 0 spiro atoms. The lowest BCUT2D eigenvalue weighted by atomic mass is 10.0. The van der Waals surface area contributed by atoms with Gasteiger partial charge >= 0.3 is 0 Å². The Balaban J connectivity index is 1.69. The molecule has 1 aromatic heterocycles. The Morgan fingerprint density at radius 1 is 1.17 bits per heavy atom. The maximum atomic E-state index is 4.29. The van der Waals surface area contributed by atoms with Crippen LogP contribution in [0, 0.1) is 13.8 Å². The van der Waals surface area contributed by atoms with Crippen molar-refractivity contribution in [3.63, 3.8) is 0 Å². The predicted octanol–water partition coefficient (Wildman–Crippen LogP) is 2.86. The highest BCUT2D eigenvalue weighted by atomic mass is 15.3. The summed E-state index contributed by atoms with van der Waals surface area (Å²) in [5, 5.41) is 11.1. The van der Waals surface area contributed by atoms with E-state index in [2.05, 4.69) is 72.0 Å². The number of aryl methyl sites for hydroxylation is 3. The number of rotatable bonds is 7. The van der Waals surface area contributed by atoms with Gasteiger partial charge in [-0.2, -0.15) is 5.10 Å². The molecule has 2 N–H and O–H groups in total. The van der Waals surface area contributed by atoms with Crippen molar-refractivity contribution < 1.29 is 0 Å². The molecule has 0 saturated heterocycles. The molecule has 1 aromatic carbocycles. The first-order chi connectivity index (χ1) is 11.6. The third-order valence-corrected chi connectivity index (χ3v) is 4.06. The van der Waals surface area contributed by atoms with Crippen molar-refractivity contribution in [3.05, 3.63) is 53.3 Å². The van der Waals surface area contributed by atoms with Crippen molar-refractivity contribution in [2.75, 3.05) is 20.1 Å². The molecule has 0 saturated carbocycles. The molecule has 0 aliphatic rings. The number of nitrogens with one attached hydrogen (secondary N) is 2. The highest BCUT2D eigenvalue weighted by Crippen LogP contribution is 2.14. The van der Waals surface area contributed by atoms with Gasteiger partial charge in [-0.3, -0.25) is 9.67 Å². The third kappa shape index (κ3) is 5.72. The van der Waals surface area contributed by atoms with Crippen molar-refractivity contribution in [2.45, 2.75) is 39.7 Å². The number of nitrogens with zero attached hydrogens (tertiary/aromatic N) is 3. The van der Waals surface area contributed by atoms with Crippen LogP contribution in [0.15, 0.2) is 41.7 Å². The Labute approximate surface area is 145 Å². The van der Waals surface area contributed by atoms with E-state index in [9.17, 15) is 0 Å². The van der Waals surface area contributed by atoms with Crippen LogP contribution >= 0.6 is 0 Å². The highest BCUT2D eigenvalue weighted by molar-refractivity contribution is 5.79. The van der Waals surface area contributed by atoms with Crippen LogP contribution in [0.4, 0.5) is 0 Å². The number of aromatic nitrogens is 2. The molecule has 1 unspecified atom stereocenters. The van der Waals surface area contributed by atoms with Crippen molar-refractivity contribution in [1.82, 2.24) is 20.4 Å². The van der Waals surface area contributed by atoms with Crippen LogP contribution in [0.3, 0.4) is 0 Å². The molecular weight excluding hydrogens is 298 g/mol. The molecule has 2 aromatic rings. The van der Waals surface area contributed by atoms with E-state index in [4.69, 9.17) is 0 Å². The SMILES string of the molecule is CN=C(NCCCn1cc(C)cn1)NCC(C)c1ccc(C)cc1. The zero-order valence-corrected chi connectivity index (χ0v) is 15.2. The lowest BCUT2D eigenvalue weighted by Gasteiger charge is -2.16. The number of guanidine groups is 1. The van der Waals surface area contributed by atoms with Crippen molar-refractivity contribution in [3.8, 4) is 0 Å². The summed E-state index contributed by atoms with van der Waals surface area (Å²) < 4.78 is 1.98. The van der Waals surface area contributed by atoms with Gasteiger partial charge in [0, 0.05) is 32.9 Å². The third-order valence-electron chi connectivity index (χ3n) is 4.06. The number of hydrogen-bond acceptors (Lipinski definition) is 2. The Hall–Kier alpha value is -2.30. The van der Waals surface area contributed by atoms with Gasteiger partial charge in [0.2, 0.25) is 0 Å². The standard InChI is InChI=1S/C19H29N5/c1-15-6-8-18(9-7-15)17(3)13-22-19(20-4)21-10-5-11-24-14-16(2)12-23-24/h6-9,12,14,17H,5,10-11,13H2,1-4H3,(H2,20,21,22). The van der Waals surface area contributed by atoms with Crippen LogP contribution in [-0.2, 0) is 6.54 Å². The molecule has 1 heterocycles. The van der Waals surface area contributed by atoms with Crippen LogP contribution < -0.4 is 10.6 Å². The quantitative estimate of drug-likeness (QED) is 0.467. The zero-order valence-electron chi connectivity index (χ0n) is 15.2. The monoisotopic (exact) mass is 327 g/mol. The van der Waals surface area contributed by atoms with E-state index < -0.39 is 0 Å². The molecule has 0 aliphatic heterocycles. The van der Waals surface area contributed by atoms with Gasteiger partial charge in [-0.1, -0.05) is 36.8 Å². The van der Waals surface area contributed by atoms with Crippen LogP contribution in [0.25, 0.3) is 0 Å². The second kappa shape index (κ2) is 9.11. The summed E-state index contributed by atoms with van der Waals surface area (Å²) in [7, 11) is 1.81. The van der Waals surface area contributed by atoms with Gasteiger partial charge in [-0.25, -0.2) is 0 Å². The Bertz CT molecular complexity index is 642. The normalized spacial score (nSPS) is 12.9. The molecule has 5 nitrogen and oxygen atoms in total. The van der Waals surface area contributed by atoms with E-state index >= 15 is 0 Å². The van der Waals surface area contributed by atoms with Crippen molar-refractivity contribution >= 4 is 5.96 Å². The fourth-order valence-electron chi connectivity index (χ4n) is 2.52. The second-order valence-electron chi connectivity index (χ2n) is 6.33. The van der Waals surface area contributed by atoms with Crippen LogP contribution in [0.2, 0.25) is 0 Å². The van der Waals surface area contributed by atoms with Gasteiger partial charge in [0.05, 0.1) is 6.20 Å². The average Bonchev–Trinajstić information content (AvgIpc) is 3.00. The summed E-state index contributed by atoms with van der Waals surface area (Å²) in [6.45, 7) is 9.05. The molecule has 0 amide bonds. The van der Waals surface area contributed by atoms with Gasteiger partial charge in [-0.15, -0.1) is 0 Å². The van der Waals surface area contributed by atoms with Gasteiger partial charge in [-0.05, 0) is 37.3 Å².